The first-order valence-corrected chi connectivity index (χ1v) is 5.49. The van der Waals surface area contributed by atoms with Crippen LogP contribution in [0.2, 0.25) is 0 Å². The lowest BCUT2D eigenvalue weighted by Gasteiger charge is -2.04. The van der Waals surface area contributed by atoms with E-state index in [0.717, 1.165) is 0 Å². The van der Waals surface area contributed by atoms with Gasteiger partial charge in [-0.15, -0.1) is 0 Å². The summed E-state index contributed by atoms with van der Waals surface area (Å²) < 4.78 is 23.7. The van der Waals surface area contributed by atoms with Crippen molar-refractivity contribution in [3.05, 3.63) is 34.1 Å². The SMILES string of the molecule is COCCOCC(=O)c1cc(Br)ccc1F. The Morgan fingerprint density at radius 2 is 2.19 bits per heavy atom. The summed E-state index contributed by atoms with van der Waals surface area (Å²) in [4.78, 5) is 11.6. The highest BCUT2D eigenvalue weighted by atomic mass is 79.9. The summed E-state index contributed by atoms with van der Waals surface area (Å²) in [6.07, 6.45) is 0. The molecule has 0 amide bonds. The molecule has 0 aliphatic heterocycles. The number of benzene rings is 1. The van der Waals surface area contributed by atoms with Crippen molar-refractivity contribution in [2.24, 2.45) is 0 Å². The molecule has 16 heavy (non-hydrogen) atoms. The normalized spacial score (nSPS) is 10.4. The third-order valence-corrected chi connectivity index (χ3v) is 2.39. The zero-order valence-electron chi connectivity index (χ0n) is 8.83. The topological polar surface area (TPSA) is 35.5 Å². The Balaban J connectivity index is 2.55. The summed E-state index contributed by atoms with van der Waals surface area (Å²) in [7, 11) is 1.54. The summed E-state index contributed by atoms with van der Waals surface area (Å²) >= 11 is 3.18. The van der Waals surface area contributed by atoms with Crippen LogP contribution in [0.5, 0.6) is 0 Å². The van der Waals surface area contributed by atoms with Crippen LogP contribution in [0.3, 0.4) is 0 Å². The van der Waals surface area contributed by atoms with Crippen LogP contribution in [0.25, 0.3) is 0 Å². The number of carbonyl (C=O) groups excluding carboxylic acids is 1. The number of carbonyl (C=O) groups is 1. The average Bonchev–Trinajstić information content (AvgIpc) is 2.27. The molecular weight excluding hydrogens is 279 g/mol. The van der Waals surface area contributed by atoms with E-state index < -0.39 is 5.82 Å². The van der Waals surface area contributed by atoms with Crippen molar-refractivity contribution < 1.29 is 18.7 Å². The molecule has 0 aromatic heterocycles. The van der Waals surface area contributed by atoms with Gasteiger partial charge in [0, 0.05) is 11.6 Å². The predicted octanol–water partition coefficient (Wildman–Crippen LogP) is 2.43. The molecule has 0 atom stereocenters. The van der Waals surface area contributed by atoms with Gasteiger partial charge in [-0.3, -0.25) is 4.79 Å². The van der Waals surface area contributed by atoms with Crippen molar-refractivity contribution in [3.63, 3.8) is 0 Å². The lowest BCUT2D eigenvalue weighted by molar-refractivity contribution is 0.0574. The fourth-order valence-electron chi connectivity index (χ4n) is 1.10. The number of methoxy groups -OCH3 is 1. The van der Waals surface area contributed by atoms with Crippen LogP contribution in [0, 0.1) is 5.82 Å². The molecule has 0 bridgehead atoms. The molecule has 0 aliphatic carbocycles. The lowest BCUT2D eigenvalue weighted by atomic mass is 10.1. The molecule has 0 N–H and O–H groups in total. The van der Waals surface area contributed by atoms with Crippen LogP contribution >= 0.6 is 15.9 Å². The first kappa shape index (κ1) is 13.3. The standard InChI is InChI=1S/C11H12BrFO3/c1-15-4-5-16-7-11(14)9-6-8(12)2-3-10(9)13/h2-3,6H,4-5,7H2,1H3. The van der Waals surface area contributed by atoms with Crippen molar-refractivity contribution in [1.29, 1.82) is 0 Å². The largest absolute Gasteiger partial charge is 0.382 e. The molecule has 0 saturated carbocycles. The van der Waals surface area contributed by atoms with Crippen LogP contribution in [0.15, 0.2) is 22.7 Å². The van der Waals surface area contributed by atoms with E-state index in [1.165, 1.54) is 18.2 Å². The quantitative estimate of drug-likeness (QED) is 0.596. The van der Waals surface area contributed by atoms with E-state index >= 15 is 0 Å². The Kier molecular flexibility index (Phi) is 5.59. The van der Waals surface area contributed by atoms with E-state index in [9.17, 15) is 9.18 Å². The minimum Gasteiger partial charge on any atom is -0.382 e. The van der Waals surface area contributed by atoms with Gasteiger partial charge in [0.05, 0.1) is 18.8 Å². The summed E-state index contributed by atoms with van der Waals surface area (Å²) in [6, 6.07) is 4.22. The molecular formula is C11H12BrFO3. The molecule has 1 rings (SSSR count). The van der Waals surface area contributed by atoms with Crippen LogP contribution in [0.1, 0.15) is 10.4 Å². The van der Waals surface area contributed by atoms with Crippen molar-refractivity contribution in [1.82, 2.24) is 0 Å². The maximum Gasteiger partial charge on any atom is 0.191 e. The minimum atomic E-state index is -0.538. The second-order valence-corrected chi connectivity index (χ2v) is 4.01. The number of hydrogen-bond acceptors (Lipinski definition) is 3. The Morgan fingerprint density at radius 3 is 2.88 bits per heavy atom. The number of ether oxygens (including phenoxy) is 2. The summed E-state index contributed by atoms with van der Waals surface area (Å²) in [5.74, 6) is -0.918. The Labute approximate surface area is 102 Å². The average molecular weight is 291 g/mol. The summed E-state index contributed by atoms with van der Waals surface area (Å²) in [5, 5.41) is 0. The number of rotatable bonds is 6. The van der Waals surface area contributed by atoms with E-state index in [1.54, 1.807) is 7.11 Å². The number of halogens is 2. The molecule has 0 spiro atoms. The van der Waals surface area contributed by atoms with Gasteiger partial charge in [-0.2, -0.15) is 0 Å². The van der Waals surface area contributed by atoms with Gasteiger partial charge in [0.25, 0.3) is 0 Å². The Morgan fingerprint density at radius 1 is 1.44 bits per heavy atom. The highest BCUT2D eigenvalue weighted by Gasteiger charge is 2.11. The second kappa shape index (κ2) is 6.73. The van der Waals surface area contributed by atoms with Crippen molar-refractivity contribution in [3.8, 4) is 0 Å². The highest BCUT2D eigenvalue weighted by Crippen LogP contribution is 2.16. The maximum atomic E-state index is 13.3. The molecule has 0 fully saturated rings. The Hall–Kier alpha value is -0.780. The first-order chi connectivity index (χ1) is 7.65. The lowest BCUT2D eigenvalue weighted by Crippen LogP contribution is -2.13. The molecule has 0 saturated heterocycles. The molecule has 5 heteroatoms. The molecule has 1 aromatic rings. The minimum absolute atomic E-state index is 0.0341. The predicted molar refractivity (Wildman–Crippen MR) is 61.1 cm³/mol. The third-order valence-electron chi connectivity index (χ3n) is 1.89. The monoisotopic (exact) mass is 290 g/mol. The number of ketones is 1. The van der Waals surface area contributed by atoms with E-state index in [2.05, 4.69) is 15.9 Å². The summed E-state index contributed by atoms with van der Waals surface area (Å²) in [6.45, 7) is 0.586. The van der Waals surface area contributed by atoms with Gasteiger partial charge >= 0.3 is 0 Å². The van der Waals surface area contributed by atoms with Crippen molar-refractivity contribution in [2.45, 2.75) is 0 Å². The van der Waals surface area contributed by atoms with Gasteiger partial charge in [0.15, 0.2) is 5.78 Å². The van der Waals surface area contributed by atoms with Gasteiger partial charge in [0.1, 0.15) is 12.4 Å². The maximum absolute atomic E-state index is 13.3. The third kappa shape index (κ3) is 4.00. The molecule has 1 aromatic carbocycles. The second-order valence-electron chi connectivity index (χ2n) is 3.09. The molecule has 0 aliphatic rings. The van der Waals surface area contributed by atoms with Gasteiger partial charge in [0.2, 0.25) is 0 Å². The van der Waals surface area contributed by atoms with Gasteiger partial charge in [-0.1, -0.05) is 15.9 Å². The smallest absolute Gasteiger partial charge is 0.191 e. The molecule has 88 valence electrons. The summed E-state index contributed by atoms with van der Waals surface area (Å²) in [5.41, 5.74) is 0.0341. The van der Waals surface area contributed by atoms with Crippen LogP contribution in [-0.4, -0.2) is 32.7 Å². The molecule has 0 radical (unpaired) electrons. The van der Waals surface area contributed by atoms with E-state index in [0.29, 0.717) is 17.7 Å². The fourth-order valence-corrected chi connectivity index (χ4v) is 1.46. The van der Waals surface area contributed by atoms with Crippen molar-refractivity contribution in [2.75, 3.05) is 26.9 Å². The fraction of sp³-hybridized carbons (Fsp3) is 0.364. The van der Waals surface area contributed by atoms with Crippen LogP contribution < -0.4 is 0 Å². The highest BCUT2D eigenvalue weighted by molar-refractivity contribution is 9.10. The van der Waals surface area contributed by atoms with Crippen molar-refractivity contribution >= 4 is 21.7 Å². The zero-order chi connectivity index (χ0) is 12.0. The van der Waals surface area contributed by atoms with E-state index in [-0.39, 0.29) is 18.0 Å². The van der Waals surface area contributed by atoms with Gasteiger partial charge < -0.3 is 9.47 Å². The van der Waals surface area contributed by atoms with Crippen LogP contribution in [-0.2, 0) is 9.47 Å². The molecule has 3 nitrogen and oxygen atoms in total. The number of hydrogen-bond donors (Lipinski definition) is 0. The first-order valence-electron chi connectivity index (χ1n) is 4.70. The van der Waals surface area contributed by atoms with Gasteiger partial charge in [-0.25, -0.2) is 4.39 Å². The van der Waals surface area contributed by atoms with E-state index in [1.807, 2.05) is 0 Å². The zero-order valence-corrected chi connectivity index (χ0v) is 10.4. The molecule has 0 heterocycles. The van der Waals surface area contributed by atoms with Crippen LogP contribution in [0.4, 0.5) is 4.39 Å². The Bertz CT molecular complexity index is 368. The number of Topliss-reactive ketones (excluding diaryl/α,β-unsaturated/α-hetero) is 1. The van der Waals surface area contributed by atoms with Gasteiger partial charge in [-0.05, 0) is 18.2 Å². The molecule has 0 unspecified atom stereocenters. The van der Waals surface area contributed by atoms with E-state index in [4.69, 9.17) is 9.47 Å².